The fourth-order valence-corrected chi connectivity index (χ4v) is 2.32. The lowest BCUT2D eigenvalue weighted by molar-refractivity contribution is -0.138. The number of carboxylic acids is 1. The van der Waals surface area contributed by atoms with Crippen molar-refractivity contribution in [2.45, 2.75) is 11.8 Å². The normalized spacial score (nSPS) is 18.7. The zero-order chi connectivity index (χ0) is 12.4. The Hall–Kier alpha value is -1.39. The van der Waals surface area contributed by atoms with Crippen molar-refractivity contribution >= 4 is 5.97 Å². The minimum absolute atomic E-state index is 0.142. The molecule has 1 aromatic rings. The van der Waals surface area contributed by atoms with Crippen LogP contribution in [-0.2, 0) is 4.79 Å². The molecular formula is C13H18N2O2. The first kappa shape index (κ1) is 12.1. The van der Waals surface area contributed by atoms with Crippen molar-refractivity contribution in [2.24, 2.45) is 5.73 Å². The molecule has 1 atom stereocenters. The Morgan fingerprint density at radius 1 is 1.59 bits per heavy atom. The third-order valence-electron chi connectivity index (χ3n) is 3.38. The van der Waals surface area contributed by atoms with E-state index in [0.717, 1.165) is 18.7 Å². The zero-order valence-electron chi connectivity index (χ0n) is 9.97. The van der Waals surface area contributed by atoms with Crippen LogP contribution >= 0.6 is 0 Å². The minimum Gasteiger partial charge on any atom is -0.481 e. The van der Waals surface area contributed by atoms with E-state index in [0.29, 0.717) is 5.92 Å². The smallest absolute Gasteiger partial charge is 0.312 e. The van der Waals surface area contributed by atoms with Crippen LogP contribution in [0, 0.1) is 0 Å². The number of nitrogens with two attached hydrogens (primary N) is 1. The van der Waals surface area contributed by atoms with Crippen molar-refractivity contribution < 1.29 is 9.90 Å². The van der Waals surface area contributed by atoms with Crippen LogP contribution in [0.2, 0.25) is 0 Å². The second kappa shape index (κ2) is 4.85. The Bertz CT molecular complexity index is 414. The van der Waals surface area contributed by atoms with E-state index in [9.17, 15) is 4.79 Å². The highest BCUT2D eigenvalue weighted by atomic mass is 16.4. The summed E-state index contributed by atoms with van der Waals surface area (Å²) in [5, 5.41) is 9.08. The summed E-state index contributed by atoms with van der Waals surface area (Å²) in [6, 6.07) is 7.83. The van der Waals surface area contributed by atoms with E-state index in [1.54, 1.807) is 0 Å². The van der Waals surface area contributed by atoms with Crippen molar-refractivity contribution in [3.63, 3.8) is 0 Å². The molecule has 2 rings (SSSR count). The largest absolute Gasteiger partial charge is 0.481 e. The molecule has 1 saturated heterocycles. The highest BCUT2D eigenvalue weighted by Crippen LogP contribution is 2.27. The number of hydrogen-bond donors (Lipinski definition) is 2. The van der Waals surface area contributed by atoms with Gasteiger partial charge >= 0.3 is 5.97 Å². The quantitative estimate of drug-likeness (QED) is 0.810. The maximum atomic E-state index is 11.1. The molecule has 1 unspecified atom stereocenters. The van der Waals surface area contributed by atoms with E-state index in [2.05, 4.69) is 18.0 Å². The van der Waals surface area contributed by atoms with Gasteiger partial charge in [0.1, 0.15) is 0 Å². The van der Waals surface area contributed by atoms with E-state index in [4.69, 9.17) is 10.8 Å². The van der Waals surface area contributed by atoms with Gasteiger partial charge in [0.2, 0.25) is 0 Å². The molecule has 4 heteroatoms. The van der Waals surface area contributed by atoms with E-state index in [-0.39, 0.29) is 6.54 Å². The van der Waals surface area contributed by atoms with E-state index in [1.165, 1.54) is 5.56 Å². The first-order chi connectivity index (χ1) is 8.11. The maximum absolute atomic E-state index is 11.1. The van der Waals surface area contributed by atoms with Crippen molar-refractivity contribution in [2.75, 3.05) is 26.7 Å². The molecule has 17 heavy (non-hydrogen) atoms. The Labute approximate surface area is 101 Å². The van der Waals surface area contributed by atoms with Crippen LogP contribution < -0.4 is 5.73 Å². The topological polar surface area (TPSA) is 66.6 Å². The zero-order valence-corrected chi connectivity index (χ0v) is 9.97. The van der Waals surface area contributed by atoms with E-state index >= 15 is 0 Å². The number of aliphatic carboxylic acids is 1. The molecule has 1 heterocycles. The highest BCUT2D eigenvalue weighted by molar-refractivity contribution is 5.76. The number of likely N-dealkylation sites (tertiary alicyclic amines) is 1. The van der Waals surface area contributed by atoms with Crippen molar-refractivity contribution in [1.29, 1.82) is 0 Å². The molecule has 0 saturated carbocycles. The fourth-order valence-electron chi connectivity index (χ4n) is 2.32. The van der Waals surface area contributed by atoms with Crippen LogP contribution in [0.4, 0.5) is 0 Å². The van der Waals surface area contributed by atoms with Gasteiger partial charge in [-0.15, -0.1) is 0 Å². The molecule has 0 amide bonds. The number of likely N-dealkylation sites (N-methyl/N-ethyl adjacent to an activating group) is 1. The molecule has 3 N–H and O–H groups in total. The standard InChI is InChI=1S/C13H18N2O2/c1-15-7-11(8-15)9-3-2-4-10(5-9)12(6-14)13(16)17/h2-5,11-12H,6-8,14H2,1H3,(H,16,17). The Morgan fingerprint density at radius 3 is 2.82 bits per heavy atom. The molecule has 0 spiro atoms. The van der Waals surface area contributed by atoms with Crippen LogP contribution in [0.25, 0.3) is 0 Å². The minimum atomic E-state index is -0.852. The summed E-state index contributed by atoms with van der Waals surface area (Å²) in [4.78, 5) is 13.3. The molecule has 1 aliphatic rings. The van der Waals surface area contributed by atoms with Gasteiger partial charge < -0.3 is 15.7 Å². The Balaban J connectivity index is 2.19. The summed E-state index contributed by atoms with van der Waals surface area (Å²) in [6.45, 7) is 2.23. The summed E-state index contributed by atoms with van der Waals surface area (Å²) in [6.07, 6.45) is 0. The SMILES string of the molecule is CN1CC(c2cccc(C(CN)C(=O)O)c2)C1. The monoisotopic (exact) mass is 234 g/mol. The Morgan fingerprint density at radius 2 is 2.29 bits per heavy atom. The molecule has 0 aromatic heterocycles. The van der Waals surface area contributed by atoms with Crippen LogP contribution in [0.5, 0.6) is 0 Å². The lowest BCUT2D eigenvalue weighted by Crippen LogP contribution is -2.41. The molecule has 92 valence electrons. The molecular weight excluding hydrogens is 216 g/mol. The van der Waals surface area contributed by atoms with Gasteiger partial charge in [-0.3, -0.25) is 4.79 Å². The van der Waals surface area contributed by atoms with E-state index in [1.807, 2.05) is 18.2 Å². The van der Waals surface area contributed by atoms with Crippen molar-refractivity contribution in [3.05, 3.63) is 35.4 Å². The predicted molar refractivity (Wildman–Crippen MR) is 66.1 cm³/mol. The number of benzene rings is 1. The highest BCUT2D eigenvalue weighted by Gasteiger charge is 2.26. The third-order valence-corrected chi connectivity index (χ3v) is 3.38. The van der Waals surface area contributed by atoms with Crippen LogP contribution in [0.15, 0.2) is 24.3 Å². The lowest BCUT2D eigenvalue weighted by atomic mass is 9.88. The number of rotatable bonds is 4. The average molecular weight is 234 g/mol. The number of hydrogen-bond acceptors (Lipinski definition) is 3. The van der Waals surface area contributed by atoms with Crippen LogP contribution in [0.3, 0.4) is 0 Å². The van der Waals surface area contributed by atoms with Crippen molar-refractivity contribution in [1.82, 2.24) is 4.90 Å². The molecule has 4 nitrogen and oxygen atoms in total. The average Bonchev–Trinajstić information content (AvgIpc) is 2.26. The lowest BCUT2D eigenvalue weighted by Gasteiger charge is -2.36. The summed E-state index contributed by atoms with van der Waals surface area (Å²) >= 11 is 0. The molecule has 0 bridgehead atoms. The van der Waals surface area contributed by atoms with Gasteiger partial charge in [-0.1, -0.05) is 24.3 Å². The first-order valence-electron chi connectivity index (χ1n) is 5.83. The van der Waals surface area contributed by atoms with Crippen molar-refractivity contribution in [3.8, 4) is 0 Å². The summed E-state index contributed by atoms with van der Waals surface area (Å²) in [5.74, 6) is -0.907. The van der Waals surface area contributed by atoms with Gasteiger partial charge in [0, 0.05) is 25.6 Å². The summed E-state index contributed by atoms with van der Waals surface area (Å²) in [7, 11) is 2.08. The predicted octanol–water partition coefficient (Wildman–Crippen LogP) is 0.842. The Kier molecular flexibility index (Phi) is 3.45. The summed E-state index contributed by atoms with van der Waals surface area (Å²) < 4.78 is 0. The van der Waals surface area contributed by atoms with Gasteiger partial charge in [-0.2, -0.15) is 0 Å². The number of nitrogens with zero attached hydrogens (tertiary/aromatic N) is 1. The van der Waals surface area contributed by atoms with Gasteiger partial charge in [0.25, 0.3) is 0 Å². The van der Waals surface area contributed by atoms with Crippen LogP contribution in [0.1, 0.15) is 23.0 Å². The maximum Gasteiger partial charge on any atom is 0.312 e. The molecule has 0 radical (unpaired) electrons. The van der Waals surface area contributed by atoms with Gasteiger partial charge in [0.05, 0.1) is 5.92 Å². The second-order valence-corrected chi connectivity index (χ2v) is 4.71. The third kappa shape index (κ3) is 2.48. The molecule has 1 fully saturated rings. The first-order valence-corrected chi connectivity index (χ1v) is 5.83. The molecule has 1 aromatic carbocycles. The number of carboxylic acid groups (broad SMARTS) is 1. The van der Waals surface area contributed by atoms with Crippen LogP contribution in [-0.4, -0.2) is 42.7 Å². The van der Waals surface area contributed by atoms with E-state index < -0.39 is 11.9 Å². The molecule has 1 aliphatic heterocycles. The molecule has 0 aliphatic carbocycles. The number of carbonyl (C=O) groups is 1. The van der Waals surface area contributed by atoms with Gasteiger partial charge in [0.15, 0.2) is 0 Å². The van der Waals surface area contributed by atoms with Gasteiger partial charge in [-0.05, 0) is 18.2 Å². The fraction of sp³-hybridized carbons (Fsp3) is 0.462. The second-order valence-electron chi connectivity index (χ2n) is 4.71. The summed E-state index contributed by atoms with van der Waals surface area (Å²) in [5.41, 5.74) is 7.55. The van der Waals surface area contributed by atoms with Gasteiger partial charge in [-0.25, -0.2) is 0 Å².